The fraction of sp³-hybridized carbons (Fsp3) is 0.200. The first-order valence-electron chi connectivity index (χ1n) is 10.3. The fourth-order valence-corrected chi connectivity index (χ4v) is 4.49. The van der Waals surface area contributed by atoms with Crippen LogP contribution in [0.5, 0.6) is 5.75 Å². The van der Waals surface area contributed by atoms with Crippen LogP contribution in [0.15, 0.2) is 71.6 Å². The van der Waals surface area contributed by atoms with Gasteiger partial charge in [-0.3, -0.25) is 9.59 Å². The van der Waals surface area contributed by atoms with Crippen molar-refractivity contribution in [3.8, 4) is 5.75 Å². The number of nitrogens with one attached hydrogen (secondary N) is 2. The standard InChI is InChI=1S/C25H24Cl2N2O3S/c1-3-23(25(31)29-19-11-12-22(32-2)21(27)15-19)33-20-6-4-5-18(14-20)28-24(30)13-16-7-9-17(26)10-8-16/h4-12,14-15,23H,3,13H2,1-2H3,(H,28,30)(H,29,31). The number of anilines is 2. The molecule has 0 bridgehead atoms. The molecular weight excluding hydrogens is 479 g/mol. The van der Waals surface area contributed by atoms with Crippen LogP contribution in [-0.2, 0) is 16.0 Å². The van der Waals surface area contributed by atoms with Crippen molar-refractivity contribution in [3.05, 3.63) is 82.3 Å². The number of hydrogen-bond acceptors (Lipinski definition) is 4. The molecule has 8 heteroatoms. The molecule has 5 nitrogen and oxygen atoms in total. The number of rotatable bonds is 9. The first-order chi connectivity index (χ1) is 15.9. The van der Waals surface area contributed by atoms with Gasteiger partial charge < -0.3 is 15.4 Å². The Labute approximate surface area is 207 Å². The van der Waals surface area contributed by atoms with E-state index >= 15 is 0 Å². The molecule has 0 saturated heterocycles. The summed E-state index contributed by atoms with van der Waals surface area (Å²) >= 11 is 13.5. The zero-order valence-corrected chi connectivity index (χ0v) is 20.6. The summed E-state index contributed by atoms with van der Waals surface area (Å²) in [7, 11) is 1.54. The molecule has 0 spiro atoms. The smallest absolute Gasteiger partial charge is 0.237 e. The molecule has 3 aromatic rings. The Morgan fingerprint density at radius 1 is 0.970 bits per heavy atom. The van der Waals surface area contributed by atoms with Gasteiger partial charge >= 0.3 is 0 Å². The van der Waals surface area contributed by atoms with Crippen molar-refractivity contribution >= 4 is 58.2 Å². The van der Waals surface area contributed by atoms with E-state index in [2.05, 4.69) is 10.6 Å². The molecule has 2 N–H and O–H groups in total. The summed E-state index contributed by atoms with van der Waals surface area (Å²) in [6.45, 7) is 1.95. The van der Waals surface area contributed by atoms with Crippen molar-refractivity contribution < 1.29 is 14.3 Å². The highest BCUT2D eigenvalue weighted by Crippen LogP contribution is 2.30. The second-order valence-corrected chi connectivity index (χ2v) is 9.35. The third-order valence-electron chi connectivity index (χ3n) is 4.76. The summed E-state index contributed by atoms with van der Waals surface area (Å²) in [4.78, 5) is 26.1. The minimum atomic E-state index is -0.314. The van der Waals surface area contributed by atoms with Gasteiger partial charge in [0, 0.05) is 21.3 Å². The summed E-state index contributed by atoms with van der Waals surface area (Å²) < 4.78 is 5.15. The summed E-state index contributed by atoms with van der Waals surface area (Å²) in [5, 5.41) is 6.56. The summed E-state index contributed by atoms with van der Waals surface area (Å²) in [6.07, 6.45) is 0.881. The molecule has 0 aliphatic carbocycles. The molecule has 0 radical (unpaired) electrons. The lowest BCUT2D eigenvalue weighted by Crippen LogP contribution is -2.24. The molecule has 172 valence electrons. The molecule has 0 saturated carbocycles. The highest BCUT2D eigenvalue weighted by molar-refractivity contribution is 8.00. The van der Waals surface area contributed by atoms with Gasteiger partial charge in [-0.2, -0.15) is 0 Å². The second-order valence-electron chi connectivity index (χ2n) is 7.23. The van der Waals surface area contributed by atoms with Crippen LogP contribution in [-0.4, -0.2) is 24.2 Å². The van der Waals surface area contributed by atoms with Gasteiger partial charge in [-0.1, -0.05) is 48.3 Å². The monoisotopic (exact) mass is 502 g/mol. The van der Waals surface area contributed by atoms with E-state index < -0.39 is 0 Å². The van der Waals surface area contributed by atoms with Gasteiger partial charge in [-0.15, -0.1) is 11.8 Å². The maximum absolute atomic E-state index is 12.8. The lowest BCUT2D eigenvalue weighted by atomic mass is 10.1. The summed E-state index contributed by atoms with van der Waals surface area (Å²) in [6, 6.07) is 19.8. The molecule has 33 heavy (non-hydrogen) atoms. The number of thioether (sulfide) groups is 1. The van der Waals surface area contributed by atoms with Crippen molar-refractivity contribution in [3.63, 3.8) is 0 Å². The zero-order chi connectivity index (χ0) is 23.8. The van der Waals surface area contributed by atoms with E-state index in [9.17, 15) is 9.59 Å². The Morgan fingerprint density at radius 3 is 2.36 bits per heavy atom. The van der Waals surface area contributed by atoms with Gasteiger partial charge in [0.25, 0.3) is 0 Å². The molecular formula is C25H24Cl2N2O3S. The average molecular weight is 503 g/mol. The van der Waals surface area contributed by atoms with E-state index in [-0.39, 0.29) is 23.5 Å². The van der Waals surface area contributed by atoms with Crippen LogP contribution < -0.4 is 15.4 Å². The van der Waals surface area contributed by atoms with Crippen LogP contribution >= 0.6 is 35.0 Å². The SMILES string of the molecule is CCC(Sc1cccc(NC(=O)Cc2ccc(Cl)cc2)c1)C(=O)Nc1ccc(OC)c(Cl)c1. The number of halogens is 2. The van der Waals surface area contributed by atoms with Crippen molar-refractivity contribution in [1.29, 1.82) is 0 Å². The van der Waals surface area contributed by atoms with Gasteiger partial charge in [0.05, 0.1) is 23.8 Å². The minimum absolute atomic E-state index is 0.124. The lowest BCUT2D eigenvalue weighted by Gasteiger charge is -2.16. The second kappa shape index (κ2) is 12.0. The summed E-state index contributed by atoms with van der Waals surface area (Å²) in [5.74, 6) is 0.299. The largest absolute Gasteiger partial charge is 0.495 e. The molecule has 2 amide bonds. The highest BCUT2D eigenvalue weighted by Gasteiger charge is 2.19. The molecule has 1 unspecified atom stereocenters. The third kappa shape index (κ3) is 7.42. The zero-order valence-electron chi connectivity index (χ0n) is 18.2. The third-order valence-corrected chi connectivity index (χ3v) is 6.66. The first-order valence-corrected chi connectivity index (χ1v) is 12.0. The van der Waals surface area contributed by atoms with Crippen LogP contribution in [0.2, 0.25) is 10.0 Å². The van der Waals surface area contributed by atoms with Gasteiger partial charge in [0.15, 0.2) is 0 Å². The number of benzene rings is 3. The van der Waals surface area contributed by atoms with E-state index in [4.69, 9.17) is 27.9 Å². The molecule has 3 rings (SSSR count). The predicted octanol–water partition coefficient (Wildman–Crippen LogP) is 6.69. The topological polar surface area (TPSA) is 67.4 Å². The maximum Gasteiger partial charge on any atom is 0.237 e. The van der Waals surface area contributed by atoms with Gasteiger partial charge in [-0.25, -0.2) is 0 Å². The van der Waals surface area contributed by atoms with E-state index in [1.54, 1.807) is 30.3 Å². The van der Waals surface area contributed by atoms with Crippen LogP contribution in [0.3, 0.4) is 0 Å². The van der Waals surface area contributed by atoms with Crippen molar-refractivity contribution in [2.45, 2.75) is 29.9 Å². The quantitative estimate of drug-likeness (QED) is 0.319. The Kier molecular flexibility index (Phi) is 9.06. The Morgan fingerprint density at radius 2 is 1.70 bits per heavy atom. The number of hydrogen-bond donors (Lipinski definition) is 2. The molecule has 0 aliphatic heterocycles. The number of carbonyl (C=O) groups excluding carboxylic acids is 2. The Balaban J connectivity index is 1.61. The van der Waals surface area contributed by atoms with Crippen molar-refractivity contribution in [1.82, 2.24) is 0 Å². The molecule has 3 aromatic carbocycles. The molecule has 0 fully saturated rings. The van der Waals surface area contributed by atoms with Crippen LogP contribution in [0.25, 0.3) is 0 Å². The average Bonchev–Trinajstić information content (AvgIpc) is 2.79. The van der Waals surface area contributed by atoms with Crippen LogP contribution in [0.4, 0.5) is 11.4 Å². The Hall–Kier alpha value is -2.67. The molecule has 0 aromatic heterocycles. The molecule has 0 aliphatic rings. The van der Waals surface area contributed by atoms with Crippen LogP contribution in [0, 0.1) is 0 Å². The summed E-state index contributed by atoms with van der Waals surface area (Å²) in [5.41, 5.74) is 2.16. The van der Waals surface area contributed by atoms with Gasteiger partial charge in [-0.05, 0) is 60.5 Å². The highest BCUT2D eigenvalue weighted by atomic mass is 35.5. The van der Waals surface area contributed by atoms with Crippen molar-refractivity contribution in [2.75, 3.05) is 17.7 Å². The fourth-order valence-electron chi connectivity index (χ4n) is 3.09. The molecule has 1 atom stereocenters. The normalized spacial score (nSPS) is 11.5. The number of amides is 2. The van der Waals surface area contributed by atoms with E-state index in [1.807, 2.05) is 43.3 Å². The maximum atomic E-state index is 12.8. The Bertz CT molecular complexity index is 1120. The van der Waals surface area contributed by atoms with Gasteiger partial charge in [0.2, 0.25) is 11.8 Å². The number of methoxy groups -OCH3 is 1. The number of carbonyl (C=O) groups is 2. The number of ether oxygens (including phenoxy) is 1. The van der Waals surface area contributed by atoms with Crippen molar-refractivity contribution in [2.24, 2.45) is 0 Å². The first kappa shape index (κ1) is 25.0. The van der Waals surface area contributed by atoms with Gasteiger partial charge in [0.1, 0.15) is 5.75 Å². The predicted molar refractivity (Wildman–Crippen MR) is 137 cm³/mol. The van der Waals surface area contributed by atoms with E-state index in [0.717, 1.165) is 10.5 Å². The van der Waals surface area contributed by atoms with E-state index in [1.165, 1.54) is 18.9 Å². The lowest BCUT2D eigenvalue weighted by molar-refractivity contribution is -0.116. The van der Waals surface area contributed by atoms with E-state index in [0.29, 0.717) is 33.6 Å². The van der Waals surface area contributed by atoms with Crippen LogP contribution in [0.1, 0.15) is 18.9 Å². The minimum Gasteiger partial charge on any atom is -0.495 e. The molecule has 0 heterocycles.